The van der Waals surface area contributed by atoms with Crippen LogP contribution in [-0.2, 0) is 22.6 Å². The van der Waals surface area contributed by atoms with Gasteiger partial charge < -0.3 is 19.5 Å². The maximum Gasteiger partial charge on any atom is 0.295 e. The molecule has 2 unspecified atom stereocenters. The van der Waals surface area contributed by atoms with E-state index in [-0.39, 0.29) is 24.0 Å². The minimum atomic E-state index is -0.772. The highest BCUT2D eigenvalue weighted by Gasteiger charge is 2.46. The summed E-state index contributed by atoms with van der Waals surface area (Å²) in [6, 6.07) is 15.3. The average molecular weight is 456 g/mol. The van der Waals surface area contributed by atoms with E-state index in [1.807, 2.05) is 19.1 Å². The lowest BCUT2D eigenvalue weighted by atomic mass is 9.94. The van der Waals surface area contributed by atoms with Gasteiger partial charge in [-0.15, -0.1) is 0 Å². The minimum absolute atomic E-state index is 0.0510. The molecule has 1 aromatic heterocycles. The Bertz CT molecular complexity index is 1300. The number of hydrogen-bond donors (Lipinski definition) is 1. The lowest BCUT2D eigenvalue weighted by molar-refractivity contribution is -0.140. The molecule has 3 aromatic rings. The first-order chi connectivity index (χ1) is 16.5. The second-order valence-corrected chi connectivity index (χ2v) is 8.51. The summed E-state index contributed by atoms with van der Waals surface area (Å²) in [7, 11) is 1.56. The van der Waals surface area contributed by atoms with Crippen molar-refractivity contribution in [1.29, 1.82) is 0 Å². The minimum Gasteiger partial charge on any atom is -0.507 e. The zero-order chi connectivity index (χ0) is 23.8. The fourth-order valence-electron chi connectivity index (χ4n) is 4.61. The van der Waals surface area contributed by atoms with Gasteiger partial charge in [0.15, 0.2) is 0 Å². The topological polar surface area (TPSA) is 89.0 Å². The molecule has 0 bridgehead atoms. The molecule has 2 atom stereocenters. The standard InChI is InChI=1S/C27H24N2O5/c1-16-12-20-13-19(6-7-22(20)34-16)25(30)23-24(18-4-3-5-21(14-18)33-2)29(27(32)26(23)31)15-17-8-10-28-11-9-17/h3-11,13-14,16,24,30H,12,15H2,1-2H3/b25-23+. The Hall–Kier alpha value is -4.13. The SMILES string of the molecule is COc1cccc(C2/C(=C(\O)c3ccc4c(c3)CC(C)O4)C(=O)C(=O)N2Cc2ccncc2)c1. The van der Waals surface area contributed by atoms with Crippen LogP contribution in [0.4, 0.5) is 0 Å². The number of amides is 1. The van der Waals surface area contributed by atoms with Gasteiger partial charge in [-0.2, -0.15) is 0 Å². The molecule has 34 heavy (non-hydrogen) atoms. The highest BCUT2D eigenvalue weighted by molar-refractivity contribution is 6.46. The first-order valence-corrected chi connectivity index (χ1v) is 11.1. The fourth-order valence-corrected chi connectivity index (χ4v) is 4.61. The monoisotopic (exact) mass is 456 g/mol. The van der Waals surface area contributed by atoms with Crippen molar-refractivity contribution in [3.05, 3.63) is 94.8 Å². The van der Waals surface area contributed by atoms with Crippen LogP contribution in [-0.4, -0.2) is 39.9 Å². The first-order valence-electron chi connectivity index (χ1n) is 11.1. The summed E-state index contributed by atoms with van der Waals surface area (Å²) >= 11 is 0. The predicted molar refractivity (Wildman–Crippen MR) is 125 cm³/mol. The molecule has 2 aliphatic rings. The zero-order valence-corrected chi connectivity index (χ0v) is 18.9. The molecule has 0 saturated carbocycles. The molecule has 7 nitrogen and oxygen atoms in total. The van der Waals surface area contributed by atoms with Crippen molar-refractivity contribution in [2.75, 3.05) is 7.11 Å². The Morgan fingerprint density at radius 1 is 1.15 bits per heavy atom. The summed E-state index contributed by atoms with van der Waals surface area (Å²) in [5.74, 6) is -0.221. The number of pyridine rings is 1. The number of methoxy groups -OCH3 is 1. The number of rotatable bonds is 5. The van der Waals surface area contributed by atoms with Crippen LogP contribution in [0.2, 0.25) is 0 Å². The van der Waals surface area contributed by atoms with Gasteiger partial charge in [0.05, 0.1) is 18.7 Å². The molecule has 3 heterocycles. The van der Waals surface area contributed by atoms with Crippen LogP contribution in [0.5, 0.6) is 11.5 Å². The number of aliphatic hydroxyl groups is 1. The molecule has 2 aliphatic heterocycles. The molecule has 1 amide bonds. The van der Waals surface area contributed by atoms with Gasteiger partial charge in [-0.3, -0.25) is 14.6 Å². The van der Waals surface area contributed by atoms with Gasteiger partial charge >= 0.3 is 0 Å². The molecule has 2 aromatic carbocycles. The molecule has 7 heteroatoms. The molecule has 172 valence electrons. The largest absolute Gasteiger partial charge is 0.507 e. The molecule has 0 radical (unpaired) electrons. The number of hydrogen-bond acceptors (Lipinski definition) is 6. The molecular weight excluding hydrogens is 432 g/mol. The van der Waals surface area contributed by atoms with Gasteiger partial charge in [-0.1, -0.05) is 12.1 Å². The summed E-state index contributed by atoms with van der Waals surface area (Å²) in [5.41, 5.74) is 2.99. The molecule has 0 spiro atoms. The van der Waals surface area contributed by atoms with Crippen molar-refractivity contribution in [1.82, 2.24) is 9.88 Å². The van der Waals surface area contributed by atoms with Crippen LogP contribution in [0.3, 0.4) is 0 Å². The van der Waals surface area contributed by atoms with Crippen molar-refractivity contribution in [2.45, 2.75) is 32.0 Å². The third-order valence-electron chi connectivity index (χ3n) is 6.22. The van der Waals surface area contributed by atoms with Crippen molar-refractivity contribution >= 4 is 17.4 Å². The van der Waals surface area contributed by atoms with Crippen LogP contribution < -0.4 is 9.47 Å². The number of carbonyl (C=O) groups is 2. The molecular formula is C27H24N2O5. The maximum atomic E-state index is 13.3. The Morgan fingerprint density at radius 3 is 2.71 bits per heavy atom. The molecule has 1 saturated heterocycles. The number of benzene rings is 2. The van der Waals surface area contributed by atoms with E-state index >= 15 is 0 Å². The van der Waals surface area contributed by atoms with Crippen LogP contribution in [0.15, 0.2) is 72.6 Å². The van der Waals surface area contributed by atoms with E-state index in [0.717, 1.165) is 16.9 Å². The van der Waals surface area contributed by atoms with E-state index in [0.29, 0.717) is 23.3 Å². The number of Topliss-reactive ketones (excluding diaryl/α,β-unsaturated/α-hetero) is 1. The van der Waals surface area contributed by atoms with Gasteiger partial charge in [0.2, 0.25) is 0 Å². The van der Waals surface area contributed by atoms with Crippen LogP contribution in [0.1, 0.15) is 35.2 Å². The number of nitrogens with zero attached hydrogens (tertiary/aromatic N) is 2. The third-order valence-corrected chi connectivity index (χ3v) is 6.22. The molecule has 1 N–H and O–H groups in total. The van der Waals surface area contributed by atoms with Gasteiger partial charge in [-0.05, 0) is 66.1 Å². The number of likely N-dealkylation sites (tertiary alicyclic amines) is 1. The summed E-state index contributed by atoms with van der Waals surface area (Å²) in [6.07, 6.45) is 4.04. The van der Waals surface area contributed by atoms with E-state index < -0.39 is 17.7 Å². The molecule has 5 rings (SSSR count). The number of carbonyl (C=O) groups excluding carboxylic acids is 2. The Balaban J connectivity index is 1.64. The van der Waals surface area contributed by atoms with E-state index in [2.05, 4.69) is 4.98 Å². The summed E-state index contributed by atoms with van der Waals surface area (Å²) < 4.78 is 11.1. The number of aromatic nitrogens is 1. The number of ether oxygens (including phenoxy) is 2. The van der Waals surface area contributed by atoms with Crippen molar-refractivity contribution in [3.63, 3.8) is 0 Å². The van der Waals surface area contributed by atoms with Gasteiger partial charge in [0.1, 0.15) is 23.4 Å². The van der Waals surface area contributed by atoms with Crippen LogP contribution >= 0.6 is 0 Å². The first kappa shape index (κ1) is 21.7. The number of ketones is 1. The highest BCUT2D eigenvalue weighted by atomic mass is 16.5. The Morgan fingerprint density at radius 2 is 1.94 bits per heavy atom. The van der Waals surface area contributed by atoms with E-state index in [4.69, 9.17) is 9.47 Å². The van der Waals surface area contributed by atoms with E-state index in [9.17, 15) is 14.7 Å². The number of fused-ring (bicyclic) bond motifs is 1. The second-order valence-electron chi connectivity index (χ2n) is 8.51. The lowest BCUT2D eigenvalue weighted by Crippen LogP contribution is -2.29. The molecule has 0 aliphatic carbocycles. The van der Waals surface area contributed by atoms with Crippen LogP contribution in [0, 0.1) is 0 Å². The van der Waals surface area contributed by atoms with Crippen molar-refractivity contribution in [3.8, 4) is 11.5 Å². The van der Waals surface area contributed by atoms with Crippen LogP contribution in [0.25, 0.3) is 5.76 Å². The maximum absolute atomic E-state index is 13.3. The van der Waals surface area contributed by atoms with Gasteiger partial charge in [0.25, 0.3) is 11.7 Å². The smallest absolute Gasteiger partial charge is 0.295 e. The highest BCUT2D eigenvalue weighted by Crippen LogP contribution is 2.42. The quantitative estimate of drug-likeness (QED) is 0.354. The Kier molecular flexibility index (Phi) is 5.53. The third kappa shape index (κ3) is 3.79. The van der Waals surface area contributed by atoms with Crippen molar-refractivity contribution < 1.29 is 24.2 Å². The average Bonchev–Trinajstić information content (AvgIpc) is 3.35. The van der Waals surface area contributed by atoms with E-state index in [1.165, 1.54) is 4.90 Å². The van der Waals surface area contributed by atoms with Gasteiger partial charge in [0, 0.05) is 30.9 Å². The summed E-state index contributed by atoms with van der Waals surface area (Å²) in [5, 5.41) is 11.3. The van der Waals surface area contributed by atoms with Gasteiger partial charge in [-0.25, -0.2) is 0 Å². The van der Waals surface area contributed by atoms with Crippen molar-refractivity contribution in [2.24, 2.45) is 0 Å². The number of aliphatic hydroxyl groups excluding tert-OH is 1. The summed E-state index contributed by atoms with van der Waals surface area (Å²) in [4.78, 5) is 32.0. The predicted octanol–water partition coefficient (Wildman–Crippen LogP) is 4.04. The lowest BCUT2D eigenvalue weighted by Gasteiger charge is -2.25. The van der Waals surface area contributed by atoms with E-state index in [1.54, 1.807) is 62.0 Å². The zero-order valence-electron chi connectivity index (χ0n) is 18.9. The normalized spacial score (nSPS) is 20.8. The fraction of sp³-hybridized carbons (Fsp3) is 0.222. The Labute approximate surface area is 197 Å². The second kappa shape index (κ2) is 8.67. The summed E-state index contributed by atoms with van der Waals surface area (Å²) in [6.45, 7) is 2.17. The molecule has 1 fully saturated rings.